The van der Waals surface area contributed by atoms with E-state index >= 15 is 0 Å². The molecule has 2 heterocycles. The van der Waals surface area contributed by atoms with Gasteiger partial charge in [0.2, 0.25) is 0 Å². The van der Waals surface area contributed by atoms with Crippen LogP contribution in [0.1, 0.15) is 6.92 Å². The SMILES string of the molecule is CCn1ncc2c(Sc3ccccc3)nc(-c3ccccc3)nc21. The number of nitrogens with zero attached hydrogens (tertiary/aromatic N) is 4. The van der Waals surface area contributed by atoms with Crippen molar-refractivity contribution in [1.82, 2.24) is 19.7 Å². The molecule has 0 radical (unpaired) electrons. The Labute approximate surface area is 144 Å². The van der Waals surface area contributed by atoms with Crippen molar-refractivity contribution in [3.63, 3.8) is 0 Å². The lowest BCUT2D eigenvalue weighted by molar-refractivity contribution is 0.676. The molecule has 118 valence electrons. The van der Waals surface area contributed by atoms with Gasteiger partial charge in [0.05, 0.1) is 11.6 Å². The second-order valence-electron chi connectivity index (χ2n) is 5.33. The van der Waals surface area contributed by atoms with Crippen LogP contribution >= 0.6 is 11.8 Å². The Kier molecular flexibility index (Phi) is 4.01. The molecular formula is C19H16N4S. The predicted octanol–water partition coefficient (Wildman–Crippen LogP) is 4.66. The van der Waals surface area contributed by atoms with E-state index in [-0.39, 0.29) is 0 Å². The highest BCUT2D eigenvalue weighted by Gasteiger charge is 2.14. The summed E-state index contributed by atoms with van der Waals surface area (Å²) in [5, 5.41) is 6.38. The molecule has 4 aromatic rings. The Bertz CT molecular complexity index is 965. The minimum Gasteiger partial charge on any atom is -0.247 e. The molecule has 0 saturated heterocycles. The van der Waals surface area contributed by atoms with Gasteiger partial charge in [-0.05, 0) is 19.1 Å². The van der Waals surface area contributed by atoms with E-state index in [1.54, 1.807) is 11.8 Å². The highest BCUT2D eigenvalue weighted by Crippen LogP contribution is 2.33. The number of aromatic nitrogens is 4. The van der Waals surface area contributed by atoms with Crippen LogP contribution < -0.4 is 0 Å². The van der Waals surface area contributed by atoms with Crippen molar-refractivity contribution >= 4 is 22.8 Å². The maximum Gasteiger partial charge on any atom is 0.163 e. The summed E-state index contributed by atoms with van der Waals surface area (Å²) >= 11 is 1.65. The lowest BCUT2D eigenvalue weighted by Crippen LogP contribution is -2.00. The van der Waals surface area contributed by atoms with Crippen molar-refractivity contribution in [3.05, 3.63) is 66.9 Å². The van der Waals surface area contributed by atoms with E-state index in [0.717, 1.165) is 38.9 Å². The first kappa shape index (κ1) is 14.9. The molecule has 0 aliphatic rings. The Morgan fingerprint density at radius 2 is 1.62 bits per heavy atom. The Morgan fingerprint density at radius 3 is 2.33 bits per heavy atom. The van der Waals surface area contributed by atoms with E-state index < -0.39 is 0 Å². The summed E-state index contributed by atoms with van der Waals surface area (Å²) < 4.78 is 1.92. The van der Waals surface area contributed by atoms with Gasteiger partial charge in [-0.1, -0.05) is 60.3 Å². The third-order valence-electron chi connectivity index (χ3n) is 3.75. The fourth-order valence-electron chi connectivity index (χ4n) is 2.56. The Balaban J connectivity index is 1.89. The molecule has 0 aliphatic carbocycles. The van der Waals surface area contributed by atoms with Crippen LogP contribution in [0.15, 0.2) is 76.8 Å². The molecule has 4 rings (SSSR count). The molecule has 0 saturated carbocycles. The summed E-state index contributed by atoms with van der Waals surface area (Å²) in [6, 6.07) is 20.3. The number of hydrogen-bond donors (Lipinski definition) is 0. The van der Waals surface area contributed by atoms with Gasteiger partial charge >= 0.3 is 0 Å². The number of rotatable bonds is 4. The van der Waals surface area contributed by atoms with Gasteiger partial charge in [0, 0.05) is 17.0 Å². The smallest absolute Gasteiger partial charge is 0.163 e. The molecule has 0 atom stereocenters. The van der Waals surface area contributed by atoms with Gasteiger partial charge in [0.15, 0.2) is 11.5 Å². The van der Waals surface area contributed by atoms with E-state index in [1.165, 1.54) is 0 Å². The molecule has 5 heteroatoms. The van der Waals surface area contributed by atoms with Crippen LogP contribution in [0.5, 0.6) is 0 Å². The van der Waals surface area contributed by atoms with E-state index in [9.17, 15) is 0 Å². The van der Waals surface area contributed by atoms with Crippen LogP contribution in [0.2, 0.25) is 0 Å². The van der Waals surface area contributed by atoms with Crippen LogP contribution in [0, 0.1) is 0 Å². The van der Waals surface area contributed by atoms with Crippen molar-refractivity contribution in [3.8, 4) is 11.4 Å². The minimum atomic E-state index is 0.733. The molecule has 0 aliphatic heterocycles. The van der Waals surface area contributed by atoms with Crippen molar-refractivity contribution in [2.75, 3.05) is 0 Å². The highest BCUT2D eigenvalue weighted by molar-refractivity contribution is 7.99. The first-order chi connectivity index (χ1) is 11.8. The van der Waals surface area contributed by atoms with Gasteiger partial charge in [-0.2, -0.15) is 5.10 Å². The lowest BCUT2D eigenvalue weighted by atomic mass is 10.2. The standard InChI is InChI=1S/C19H16N4S/c1-2-23-18-16(13-20-23)19(24-15-11-7-4-8-12-15)22-17(21-18)14-9-5-3-6-10-14/h3-13H,2H2,1H3. The van der Waals surface area contributed by atoms with Crippen LogP contribution in [-0.4, -0.2) is 19.7 Å². The first-order valence-electron chi connectivity index (χ1n) is 7.87. The summed E-state index contributed by atoms with van der Waals surface area (Å²) in [7, 11) is 0. The van der Waals surface area contributed by atoms with Crippen LogP contribution in [0.25, 0.3) is 22.4 Å². The zero-order chi connectivity index (χ0) is 16.4. The zero-order valence-corrected chi connectivity index (χ0v) is 14.1. The largest absolute Gasteiger partial charge is 0.247 e. The average molecular weight is 332 g/mol. The maximum atomic E-state index is 4.81. The fourth-order valence-corrected chi connectivity index (χ4v) is 3.46. The predicted molar refractivity (Wildman–Crippen MR) is 97.0 cm³/mol. The summed E-state index contributed by atoms with van der Waals surface area (Å²) in [6.07, 6.45) is 1.86. The summed E-state index contributed by atoms with van der Waals surface area (Å²) in [5.74, 6) is 0.733. The van der Waals surface area contributed by atoms with Gasteiger partial charge in [-0.15, -0.1) is 0 Å². The van der Waals surface area contributed by atoms with Gasteiger partial charge in [0.1, 0.15) is 5.03 Å². The highest BCUT2D eigenvalue weighted by atomic mass is 32.2. The normalized spacial score (nSPS) is 11.0. The fraction of sp³-hybridized carbons (Fsp3) is 0.105. The molecule has 24 heavy (non-hydrogen) atoms. The molecule has 0 unspecified atom stereocenters. The topological polar surface area (TPSA) is 43.6 Å². The number of aryl methyl sites for hydroxylation is 1. The summed E-state index contributed by atoms with van der Waals surface area (Å²) in [5.41, 5.74) is 1.89. The van der Waals surface area contributed by atoms with Gasteiger partial charge in [0.25, 0.3) is 0 Å². The molecule has 2 aromatic heterocycles. The van der Waals surface area contributed by atoms with Gasteiger partial charge in [-0.3, -0.25) is 0 Å². The van der Waals surface area contributed by atoms with Gasteiger partial charge < -0.3 is 0 Å². The van der Waals surface area contributed by atoms with Crippen LogP contribution in [0.3, 0.4) is 0 Å². The van der Waals surface area contributed by atoms with E-state index in [4.69, 9.17) is 9.97 Å². The molecule has 0 N–H and O–H groups in total. The molecule has 4 nitrogen and oxygen atoms in total. The molecule has 0 fully saturated rings. The first-order valence-corrected chi connectivity index (χ1v) is 8.68. The molecular weight excluding hydrogens is 316 g/mol. The molecule has 0 spiro atoms. The molecule has 0 bridgehead atoms. The Morgan fingerprint density at radius 1 is 0.917 bits per heavy atom. The van der Waals surface area contributed by atoms with Crippen LogP contribution in [-0.2, 0) is 6.54 Å². The van der Waals surface area contributed by atoms with Crippen molar-refractivity contribution in [1.29, 1.82) is 0 Å². The summed E-state index contributed by atoms with van der Waals surface area (Å²) in [4.78, 5) is 10.7. The van der Waals surface area contributed by atoms with Crippen LogP contribution in [0.4, 0.5) is 0 Å². The minimum absolute atomic E-state index is 0.733. The third-order valence-corrected chi connectivity index (χ3v) is 4.76. The monoisotopic (exact) mass is 332 g/mol. The quantitative estimate of drug-likeness (QED) is 0.510. The van der Waals surface area contributed by atoms with Crippen molar-refractivity contribution < 1.29 is 0 Å². The molecule has 2 aromatic carbocycles. The number of fused-ring (bicyclic) bond motifs is 1. The van der Waals surface area contributed by atoms with E-state index in [0.29, 0.717) is 0 Å². The molecule has 0 amide bonds. The number of benzene rings is 2. The van der Waals surface area contributed by atoms with Crippen molar-refractivity contribution in [2.45, 2.75) is 23.4 Å². The lowest BCUT2D eigenvalue weighted by Gasteiger charge is -2.07. The van der Waals surface area contributed by atoms with E-state index in [2.05, 4.69) is 24.2 Å². The summed E-state index contributed by atoms with van der Waals surface area (Å²) in [6.45, 7) is 2.85. The second-order valence-corrected chi connectivity index (χ2v) is 6.39. The third kappa shape index (κ3) is 2.78. The Hall–Kier alpha value is -2.66. The average Bonchev–Trinajstić information content (AvgIpc) is 3.07. The van der Waals surface area contributed by atoms with Gasteiger partial charge in [-0.25, -0.2) is 14.6 Å². The maximum absolute atomic E-state index is 4.81. The second kappa shape index (κ2) is 6.45. The number of hydrogen-bond acceptors (Lipinski definition) is 4. The van der Waals surface area contributed by atoms with E-state index in [1.807, 2.05) is 59.4 Å². The van der Waals surface area contributed by atoms with Crippen molar-refractivity contribution in [2.24, 2.45) is 0 Å². The zero-order valence-electron chi connectivity index (χ0n) is 13.3.